The first-order valence-electron chi connectivity index (χ1n) is 14.4. The molecule has 1 atom stereocenters. The van der Waals surface area contributed by atoms with Gasteiger partial charge in [-0.3, -0.25) is 13.9 Å². The highest BCUT2D eigenvalue weighted by atomic mass is 35.5. The molecule has 0 bridgehead atoms. The van der Waals surface area contributed by atoms with Crippen molar-refractivity contribution in [3.05, 3.63) is 118 Å². The number of amides is 2. The molecule has 0 aliphatic carbocycles. The SMILES string of the molecule is CCNC(=O)C(Cc1ccccc1)N(Cc1ccc(Cl)c(Cl)c1)C(=O)CN(c1cc(OC)ccc1OC)S(=O)(=O)c1ccccc1. The van der Waals surface area contributed by atoms with Gasteiger partial charge in [-0.15, -0.1) is 0 Å². The minimum atomic E-state index is -4.33. The Labute approximate surface area is 279 Å². The monoisotopic (exact) mass is 683 g/mol. The van der Waals surface area contributed by atoms with E-state index in [0.29, 0.717) is 22.9 Å². The number of benzene rings is 4. The summed E-state index contributed by atoms with van der Waals surface area (Å²) >= 11 is 12.5. The van der Waals surface area contributed by atoms with Crippen LogP contribution >= 0.6 is 23.2 Å². The number of hydrogen-bond acceptors (Lipinski definition) is 6. The second-order valence-corrected chi connectivity index (χ2v) is 12.9. The van der Waals surface area contributed by atoms with Crippen LogP contribution in [0.3, 0.4) is 0 Å². The summed E-state index contributed by atoms with van der Waals surface area (Å²) in [7, 11) is -1.47. The molecule has 0 saturated carbocycles. The maximum atomic E-state index is 14.6. The van der Waals surface area contributed by atoms with Crippen molar-refractivity contribution in [1.82, 2.24) is 10.2 Å². The molecule has 9 nitrogen and oxygen atoms in total. The zero-order chi connectivity index (χ0) is 33.3. The van der Waals surface area contributed by atoms with Crippen LogP contribution in [0.15, 0.2) is 102 Å². The molecular weight excluding hydrogens is 649 g/mol. The van der Waals surface area contributed by atoms with Crippen LogP contribution in [0.2, 0.25) is 10.0 Å². The third-order valence-corrected chi connectivity index (χ3v) is 9.74. The van der Waals surface area contributed by atoms with E-state index in [1.54, 1.807) is 55.5 Å². The van der Waals surface area contributed by atoms with E-state index >= 15 is 0 Å². The van der Waals surface area contributed by atoms with Gasteiger partial charge >= 0.3 is 0 Å². The third kappa shape index (κ3) is 8.31. The first kappa shape index (κ1) is 34.6. The summed E-state index contributed by atoms with van der Waals surface area (Å²) in [5, 5.41) is 3.44. The van der Waals surface area contributed by atoms with Crippen molar-refractivity contribution < 1.29 is 27.5 Å². The minimum absolute atomic E-state index is 0.0340. The quantitative estimate of drug-likeness (QED) is 0.175. The number of halogens is 2. The molecule has 4 aromatic carbocycles. The number of sulfonamides is 1. The summed E-state index contributed by atoms with van der Waals surface area (Å²) in [6, 6.07) is 25.6. The average molecular weight is 685 g/mol. The zero-order valence-electron chi connectivity index (χ0n) is 25.7. The van der Waals surface area contributed by atoms with Gasteiger partial charge in [0.2, 0.25) is 11.8 Å². The topological polar surface area (TPSA) is 105 Å². The summed E-state index contributed by atoms with van der Waals surface area (Å²) in [5.41, 5.74) is 1.50. The molecule has 1 N–H and O–H groups in total. The van der Waals surface area contributed by atoms with Crippen LogP contribution in [0.5, 0.6) is 11.5 Å². The molecule has 242 valence electrons. The molecule has 0 saturated heterocycles. The first-order chi connectivity index (χ1) is 22.1. The Morgan fingerprint density at radius 1 is 0.826 bits per heavy atom. The molecule has 0 aliphatic heterocycles. The molecule has 4 rings (SSSR count). The number of likely N-dealkylation sites (N-methyl/N-ethyl adjacent to an activating group) is 1. The van der Waals surface area contributed by atoms with E-state index in [1.165, 1.54) is 37.3 Å². The molecule has 1 unspecified atom stereocenters. The highest BCUT2D eigenvalue weighted by molar-refractivity contribution is 7.92. The number of anilines is 1. The maximum absolute atomic E-state index is 14.6. The number of carbonyl (C=O) groups excluding carboxylic acids is 2. The standard InChI is InChI=1S/C34H35Cl2N3O6S/c1-4-37-34(41)31(20-24-11-7-5-8-12-24)38(22-25-15-17-28(35)29(36)19-25)33(40)23-39(46(42,43)27-13-9-6-10-14-27)30-21-26(44-2)16-18-32(30)45-3/h5-19,21,31H,4,20,22-23H2,1-3H3,(H,37,41). The number of methoxy groups -OCH3 is 2. The van der Waals surface area contributed by atoms with Crippen molar-refractivity contribution in [3.8, 4) is 11.5 Å². The van der Waals surface area contributed by atoms with Gasteiger partial charge in [0.25, 0.3) is 10.0 Å². The van der Waals surface area contributed by atoms with Gasteiger partial charge in [0.05, 0.1) is 34.8 Å². The van der Waals surface area contributed by atoms with Crippen LogP contribution in [-0.4, -0.2) is 58.5 Å². The smallest absolute Gasteiger partial charge is 0.264 e. The van der Waals surface area contributed by atoms with Gasteiger partial charge < -0.3 is 19.7 Å². The predicted octanol–water partition coefficient (Wildman–Crippen LogP) is 5.98. The highest BCUT2D eigenvalue weighted by Crippen LogP contribution is 2.36. The zero-order valence-corrected chi connectivity index (χ0v) is 28.0. The van der Waals surface area contributed by atoms with Crippen LogP contribution in [0.4, 0.5) is 5.69 Å². The summed E-state index contributed by atoms with van der Waals surface area (Å²) in [5.74, 6) is -0.471. The average Bonchev–Trinajstić information content (AvgIpc) is 3.07. The normalized spacial score (nSPS) is 11.8. The van der Waals surface area contributed by atoms with Gasteiger partial charge in [-0.05, 0) is 54.4 Å². The summed E-state index contributed by atoms with van der Waals surface area (Å²) < 4.78 is 40.4. The third-order valence-electron chi connectivity index (χ3n) is 7.22. The number of carbonyl (C=O) groups is 2. The van der Waals surface area contributed by atoms with Crippen molar-refractivity contribution in [3.63, 3.8) is 0 Å². The Morgan fingerprint density at radius 3 is 2.11 bits per heavy atom. The molecule has 12 heteroatoms. The molecule has 4 aromatic rings. The van der Waals surface area contributed by atoms with Crippen LogP contribution < -0.4 is 19.1 Å². The van der Waals surface area contributed by atoms with Crippen LogP contribution in [0.25, 0.3) is 0 Å². The van der Waals surface area contributed by atoms with Crippen molar-refractivity contribution in [1.29, 1.82) is 0 Å². The summed E-state index contributed by atoms with van der Waals surface area (Å²) in [6.07, 6.45) is 0.174. The Hall–Kier alpha value is -4.25. The van der Waals surface area contributed by atoms with Crippen LogP contribution in [0, 0.1) is 0 Å². The predicted molar refractivity (Wildman–Crippen MR) is 180 cm³/mol. The maximum Gasteiger partial charge on any atom is 0.264 e. The lowest BCUT2D eigenvalue weighted by molar-refractivity contribution is -0.140. The van der Waals surface area contributed by atoms with Gasteiger partial charge in [0.1, 0.15) is 24.1 Å². The summed E-state index contributed by atoms with van der Waals surface area (Å²) in [6.45, 7) is 1.39. The van der Waals surface area contributed by atoms with Gasteiger partial charge in [-0.25, -0.2) is 8.42 Å². The minimum Gasteiger partial charge on any atom is -0.497 e. The van der Waals surface area contributed by atoms with Crippen molar-refractivity contribution in [2.75, 3.05) is 31.6 Å². The molecule has 2 amide bonds. The number of ether oxygens (including phenoxy) is 2. The fourth-order valence-corrected chi connectivity index (χ4v) is 6.66. The summed E-state index contributed by atoms with van der Waals surface area (Å²) in [4.78, 5) is 29.5. The first-order valence-corrected chi connectivity index (χ1v) is 16.6. The molecule has 0 spiro atoms. The van der Waals surface area contributed by atoms with Gasteiger partial charge in [0.15, 0.2) is 0 Å². The van der Waals surface area contributed by atoms with E-state index in [9.17, 15) is 18.0 Å². The molecular formula is C34H35Cl2N3O6S. The largest absolute Gasteiger partial charge is 0.497 e. The lowest BCUT2D eigenvalue weighted by Gasteiger charge is -2.34. The molecule has 0 heterocycles. The lowest BCUT2D eigenvalue weighted by Crippen LogP contribution is -2.53. The van der Waals surface area contributed by atoms with Crippen molar-refractivity contribution in [2.45, 2.75) is 30.8 Å². The fourth-order valence-electron chi connectivity index (χ4n) is 4.91. The van der Waals surface area contributed by atoms with E-state index in [-0.39, 0.29) is 34.3 Å². The Kier molecular flexibility index (Phi) is 11.9. The van der Waals surface area contributed by atoms with E-state index in [0.717, 1.165) is 9.87 Å². The van der Waals surface area contributed by atoms with Crippen LogP contribution in [-0.2, 0) is 32.6 Å². The Bertz CT molecular complexity index is 1760. The molecule has 0 aromatic heterocycles. The second-order valence-electron chi connectivity index (χ2n) is 10.2. The van der Waals surface area contributed by atoms with Gasteiger partial charge in [-0.2, -0.15) is 0 Å². The molecule has 46 heavy (non-hydrogen) atoms. The lowest BCUT2D eigenvalue weighted by atomic mass is 10.0. The van der Waals surface area contributed by atoms with E-state index in [2.05, 4.69) is 5.32 Å². The van der Waals surface area contributed by atoms with Crippen molar-refractivity contribution >= 4 is 50.7 Å². The Morgan fingerprint density at radius 2 is 1.50 bits per heavy atom. The molecule has 0 radical (unpaired) electrons. The van der Waals surface area contributed by atoms with Crippen molar-refractivity contribution in [2.24, 2.45) is 0 Å². The van der Waals surface area contributed by atoms with Crippen LogP contribution in [0.1, 0.15) is 18.1 Å². The fraction of sp³-hybridized carbons (Fsp3) is 0.235. The second kappa shape index (κ2) is 15.8. The van der Waals surface area contributed by atoms with Gasteiger partial charge in [0, 0.05) is 25.6 Å². The molecule has 0 fully saturated rings. The number of nitrogens with one attached hydrogen (secondary N) is 1. The Balaban J connectivity index is 1.86. The number of rotatable bonds is 14. The number of nitrogens with zero attached hydrogens (tertiary/aromatic N) is 2. The van der Waals surface area contributed by atoms with Gasteiger partial charge in [-0.1, -0.05) is 77.8 Å². The van der Waals surface area contributed by atoms with E-state index in [1.807, 2.05) is 30.3 Å². The van der Waals surface area contributed by atoms with E-state index < -0.39 is 34.4 Å². The molecule has 0 aliphatic rings. The number of hydrogen-bond donors (Lipinski definition) is 1. The highest BCUT2D eigenvalue weighted by Gasteiger charge is 2.35. The van der Waals surface area contributed by atoms with E-state index in [4.69, 9.17) is 32.7 Å².